The quantitative estimate of drug-likeness (QED) is 0.862. The van der Waals surface area contributed by atoms with E-state index in [-0.39, 0.29) is 0 Å². The summed E-state index contributed by atoms with van der Waals surface area (Å²) in [5, 5.41) is 1.30. The Hall–Kier alpha value is -0.800. The molecule has 0 atom stereocenters. The number of nitrogens with one attached hydrogen (secondary N) is 1. The predicted octanol–water partition coefficient (Wildman–Crippen LogP) is 3.05. The van der Waals surface area contributed by atoms with Crippen LogP contribution in [-0.2, 0) is 6.42 Å². The van der Waals surface area contributed by atoms with Crippen LogP contribution in [0.4, 0.5) is 0 Å². The summed E-state index contributed by atoms with van der Waals surface area (Å²) in [5.41, 5.74) is 10.6. The van der Waals surface area contributed by atoms with E-state index in [1.807, 2.05) is 0 Å². The number of hydrogen-bond acceptors (Lipinski definition) is 1. The molecule has 1 heterocycles. The fourth-order valence-electron chi connectivity index (χ4n) is 1.88. The number of nitrogens with two attached hydrogens (primary N) is 1. The largest absolute Gasteiger partial charge is 0.357 e. The Balaban J connectivity index is 2.68. The van der Waals surface area contributed by atoms with E-state index in [1.165, 1.54) is 27.7 Å². The number of aromatic nitrogens is 1. The number of H-pyrrole nitrogens is 1. The third kappa shape index (κ3) is 1.82. The summed E-state index contributed by atoms with van der Waals surface area (Å²) in [5.74, 6) is 0. The minimum Gasteiger partial charge on any atom is -0.357 e. The highest BCUT2D eigenvalue weighted by molar-refractivity contribution is 9.10. The van der Waals surface area contributed by atoms with Gasteiger partial charge >= 0.3 is 0 Å². The molecule has 3 heteroatoms. The van der Waals surface area contributed by atoms with Crippen molar-refractivity contribution in [2.24, 2.45) is 5.73 Å². The maximum absolute atomic E-state index is 5.57. The molecule has 2 rings (SSSR count). The van der Waals surface area contributed by atoms with Crippen molar-refractivity contribution in [2.75, 3.05) is 6.54 Å². The molecule has 0 aliphatic carbocycles. The summed E-state index contributed by atoms with van der Waals surface area (Å²) in [4.78, 5) is 3.39. The molecule has 0 aliphatic heterocycles. The van der Waals surface area contributed by atoms with Crippen LogP contribution in [0.5, 0.6) is 0 Å². The van der Waals surface area contributed by atoms with Crippen LogP contribution in [0.2, 0.25) is 0 Å². The number of aryl methyl sites for hydroxylation is 2. The smallest absolute Gasteiger partial charge is 0.0603 e. The molecule has 2 aromatic rings. The minimum atomic E-state index is 0.695. The van der Waals surface area contributed by atoms with Crippen LogP contribution < -0.4 is 5.73 Å². The zero-order valence-corrected chi connectivity index (χ0v) is 10.6. The highest BCUT2D eigenvalue weighted by atomic mass is 79.9. The fraction of sp³-hybridized carbons (Fsp3) is 0.333. The Morgan fingerprint density at radius 1 is 1.33 bits per heavy atom. The van der Waals surface area contributed by atoms with Gasteiger partial charge in [0.2, 0.25) is 0 Å². The third-order valence-corrected chi connectivity index (χ3v) is 3.49. The van der Waals surface area contributed by atoms with Crippen LogP contribution in [0.25, 0.3) is 10.9 Å². The van der Waals surface area contributed by atoms with Crippen molar-refractivity contribution in [3.8, 4) is 0 Å². The standard InChI is InChI=1S/C12H15BrN2/c1-7-8(2)15-12-10(7)5-9(3-4-14)6-11(12)13/h5-6,15H,3-4,14H2,1-2H3. The minimum absolute atomic E-state index is 0.695. The molecule has 0 aliphatic rings. The monoisotopic (exact) mass is 266 g/mol. The van der Waals surface area contributed by atoms with Crippen LogP contribution in [-0.4, -0.2) is 11.5 Å². The Kier molecular flexibility index (Phi) is 2.85. The lowest BCUT2D eigenvalue weighted by Crippen LogP contribution is -2.02. The second-order valence-electron chi connectivity index (χ2n) is 3.91. The molecule has 15 heavy (non-hydrogen) atoms. The summed E-state index contributed by atoms with van der Waals surface area (Å²) < 4.78 is 1.12. The van der Waals surface area contributed by atoms with E-state index in [2.05, 4.69) is 46.9 Å². The molecule has 3 N–H and O–H groups in total. The van der Waals surface area contributed by atoms with Crippen molar-refractivity contribution in [3.05, 3.63) is 33.4 Å². The van der Waals surface area contributed by atoms with E-state index in [0.717, 1.165) is 10.9 Å². The topological polar surface area (TPSA) is 41.8 Å². The van der Waals surface area contributed by atoms with Gasteiger partial charge in [-0.25, -0.2) is 0 Å². The molecule has 0 radical (unpaired) electrons. The molecular formula is C12H15BrN2. The van der Waals surface area contributed by atoms with Crippen LogP contribution in [0.15, 0.2) is 16.6 Å². The van der Waals surface area contributed by atoms with Crippen molar-refractivity contribution in [2.45, 2.75) is 20.3 Å². The first-order valence-electron chi connectivity index (χ1n) is 5.11. The zero-order valence-electron chi connectivity index (χ0n) is 9.02. The van der Waals surface area contributed by atoms with E-state index >= 15 is 0 Å². The summed E-state index contributed by atoms with van der Waals surface area (Å²) in [6.45, 7) is 4.94. The second-order valence-corrected chi connectivity index (χ2v) is 4.77. The number of benzene rings is 1. The van der Waals surface area contributed by atoms with Gasteiger partial charge in [-0.3, -0.25) is 0 Å². The highest BCUT2D eigenvalue weighted by Crippen LogP contribution is 2.29. The van der Waals surface area contributed by atoms with Gasteiger partial charge in [0.15, 0.2) is 0 Å². The van der Waals surface area contributed by atoms with Gasteiger partial charge in [0.1, 0.15) is 0 Å². The molecule has 0 unspecified atom stereocenters. The van der Waals surface area contributed by atoms with Gasteiger partial charge in [-0.15, -0.1) is 0 Å². The molecule has 0 amide bonds. The third-order valence-electron chi connectivity index (χ3n) is 2.86. The molecule has 0 spiro atoms. The summed E-state index contributed by atoms with van der Waals surface area (Å²) in [6, 6.07) is 4.37. The Labute approximate surface area is 98.0 Å². The molecule has 1 aromatic heterocycles. The summed E-state index contributed by atoms with van der Waals surface area (Å²) in [7, 11) is 0. The molecule has 0 fully saturated rings. The first-order chi connectivity index (χ1) is 7.13. The van der Waals surface area contributed by atoms with E-state index in [9.17, 15) is 0 Å². The Morgan fingerprint density at radius 3 is 2.73 bits per heavy atom. The average Bonchev–Trinajstić information content (AvgIpc) is 2.46. The Bertz CT molecular complexity index is 500. The van der Waals surface area contributed by atoms with Crippen LogP contribution >= 0.6 is 15.9 Å². The van der Waals surface area contributed by atoms with Crippen molar-refractivity contribution in [1.82, 2.24) is 4.98 Å². The van der Waals surface area contributed by atoms with E-state index in [0.29, 0.717) is 6.54 Å². The Morgan fingerprint density at radius 2 is 2.07 bits per heavy atom. The highest BCUT2D eigenvalue weighted by Gasteiger charge is 2.08. The lowest BCUT2D eigenvalue weighted by atomic mass is 10.1. The van der Waals surface area contributed by atoms with Gasteiger partial charge in [-0.05, 0) is 66.0 Å². The molecule has 0 bridgehead atoms. The zero-order chi connectivity index (χ0) is 11.0. The predicted molar refractivity (Wildman–Crippen MR) is 68.2 cm³/mol. The van der Waals surface area contributed by atoms with E-state index in [4.69, 9.17) is 5.73 Å². The summed E-state index contributed by atoms with van der Waals surface area (Å²) >= 11 is 3.59. The number of halogens is 1. The van der Waals surface area contributed by atoms with Gasteiger partial charge in [0, 0.05) is 15.6 Å². The van der Waals surface area contributed by atoms with Crippen molar-refractivity contribution in [1.29, 1.82) is 0 Å². The van der Waals surface area contributed by atoms with Crippen LogP contribution in [0.3, 0.4) is 0 Å². The van der Waals surface area contributed by atoms with Gasteiger partial charge in [-0.1, -0.05) is 0 Å². The number of rotatable bonds is 2. The van der Waals surface area contributed by atoms with Crippen molar-refractivity contribution >= 4 is 26.8 Å². The lowest BCUT2D eigenvalue weighted by Gasteiger charge is -2.02. The van der Waals surface area contributed by atoms with Gasteiger partial charge in [0.05, 0.1) is 5.52 Å². The lowest BCUT2D eigenvalue weighted by molar-refractivity contribution is 0.970. The molecule has 1 aromatic carbocycles. The molecule has 80 valence electrons. The average molecular weight is 267 g/mol. The number of aromatic amines is 1. The first kappa shape index (κ1) is 10.7. The van der Waals surface area contributed by atoms with Gasteiger partial charge < -0.3 is 10.7 Å². The maximum atomic E-state index is 5.57. The molecule has 0 saturated carbocycles. The van der Waals surface area contributed by atoms with Crippen LogP contribution in [0.1, 0.15) is 16.8 Å². The van der Waals surface area contributed by atoms with Gasteiger partial charge in [0.25, 0.3) is 0 Å². The van der Waals surface area contributed by atoms with Gasteiger partial charge in [-0.2, -0.15) is 0 Å². The molecule has 2 nitrogen and oxygen atoms in total. The SMILES string of the molecule is Cc1[nH]c2c(Br)cc(CCN)cc2c1C. The first-order valence-corrected chi connectivity index (χ1v) is 5.90. The van der Waals surface area contributed by atoms with Crippen LogP contribution in [0, 0.1) is 13.8 Å². The maximum Gasteiger partial charge on any atom is 0.0603 e. The fourth-order valence-corrected chi connectivity index (χ4v) is 2.49. The van der Waals surface area contributed by atoms with Crippen molar-refractivity contribution < 1.29 is 0 Å². The number of hydrogen-bond donors (Lipinski definition) is 2. The normalized spacial score (nSPS) is 11.2. The molecular weight excluding hydrogens is 252 g/mol. The number of fused-ring (bicyclic) bond motifs is 1. The van der Waals surface area contributed by atoms with E-state index < -0.39 is 0 Å². The van der Waals surface area contributed by atoms with Crippen molar-refractivity contribution in [3.63, 3.8) is 0 Å². The molecule has 0 saturated heterocycles. The van der Waals surface area contributed by atoms with E-state index in [1.54, 1.807) is 0 Å². The summed E-state index contributed by atoms with van der Waals surface area (Å²) in [6.07, 6.45) is 0.929. The second kappa shape index (κ2) is 3.99.